The fraction of sp³-hybridized carbons (Fsp3) is 0.308. The minimum atomic E-state index is -1.78. The molecule has 17 heavy (non-hydrogen) atoms. The van der Waals surface area contributed by atoms with E-state index >= 15 is 0 Å². The zero-order valence-electron chi connectivity index (χ0n) is 10.9. The summed E-state index contributed by atoms with van der Waals surface area (Å²) in [4.78, 5) is 11.4. The van der Waals surface area contributed by atoms with Gasteiger partial charge in [0.1, 0.15) is 0 Å². The van der Waals surface area contributed by atoms with E-state index in [1.165, 1.54) is 11.5 Å². The molecular formula is C13H19NO2Si. The Balaban J connectivity index is 3.03. The molecule has 0 N–H and O–H groups in total. The van der Waals surface area contributed by atoms with E-state index in [9.17, 15) is 4.79 Å². The van der Waals surface area contributed by atoms with Crippen molar-refractivity contribution in [3.63, 3.8) is 0 Å². The first-order valence-corrected chi connectivity index (χ1v) is 8.94. The van der Waals surface area contributed by atoms with Crippen molar-refractivity contribution in [2.75, 3.05) is 0 Å². The summed E-state index contributed by atoms with van der Waals surface area (Å²) in [6.45, 7) is 11.4. The molecule has 1 rings (SSSR count). The molecule has 0 bridgehead atoms. The molecule has 1 amide bonds. The molecule has 3 nitrogen and oxygen atoms in total. The number of hydrogen-bond acceptors (Lipinski definition) is 2. The summed E-state index contributed by atoms with van der Waals surface area (Å²) in [5, 5.41) is 0. The maximum absolute atomic E-state index is 11.4. The Hall–Kier alpha value is -1.39. The first-order chi connectivity index (χ1) is 7.81. The van der Waals surface area contributed by atoms with Gasteiger partial charge in [0.2, 0.25) is 6.23 Å². The van der Waals surface area contributed by atoms with E-state index in [2.05, 4.69) is 26.4 Å². The molecule has 0 aliphatic rings. The van der Waals surface area contributed by atoms with Gasteiger partial charge in [-0.2, -0.15) is 0 Å². The number of amides is 1. The van der Waals surface area contributed by atoms with E-state index in [4.69, 9.17) is 4.43 Å². The quantitative estimate of drug-likeness (QED) is 0.355. The lowest BCUT2D eigenvalue weighted by Crippen LogP contribution is -2.35. The lowest BCUT2D eigenvalue weighted by molar-refractivity contribution is -0.452. The van der Waals surface area contributed by atoms with Gasteiger partial charge in [0.25, 0.3) is 0 Å². The van der Waals surface area contributed by atoms with Crippen molar-refractivity contribution in [2.45, 2.75) is 26.6 Å². The molecular weight excluding hydrogens is 230 g/mol. The van der Waals surface area contributed by atoms with Gasteiger partial charge < -0.3 is 4.43 Å². The second-order valence-electron chi connectivity index (χ2n) is 4.83. The van der Waals surface area contributed by atoms with E-state index in [0.29, 0.717) is 6.23 Å². The molecule has 1 aromatic carbocycles. The number of hydrogen-bond donors (Lipinski definition) is 0. The van der Waals surface area contributed by atoms with Gasteiger partial charge in [-0.25, -0.2) is 4.58 Å². The minimum Gasteiger partial charge on any atom is -0.372 e. The van der Waals surface area contributed by atoms with Crippen LogP contribution in [0.1, 0.15) is 12.5 Å². The van der Waals surface area contributed by atoms with Crippen LogP contribution in [-0.2, 0) is 9.22 Å². The topological polar surface area (TPSA) is 29.3 Å². The second kappa shape index (κ2) is 5.29. The molecule has 0 spiro atoms. The van der Waals surface area contributed by atoms with Crippen LogP contribution in [0.2, 0.25) is 19.6 Å². The molecule has 0 atom stereocenters. The largest absolute Gasteiger partial charge is 0.372 e. The number of nitrogens with zero attached hydrogens (tertiary/aromatic N) is 1. The Morgan fingerprint density at radius 3 is 2.24 bits per heavy atom. The van der Waals surface area contributed by atoms with E-state index in [0.717, 1.165) is 5.56 Å². The van der Waals surface area contributed by atoms with Crippen LogP contribution in [0.3, 0.4) is 0 Å². The van der Waals surface area contributed by atoms with Gasteiger partial charge >= 0.3 is 5.91 Å². The van der Waals surface area contributed by atoms with Crippen LogP contribution in [0, 0.1) is 6.23 Å². The lowest BCUT2D eigenvalue weighted by atomic mass is 10.2. The van der Waals surface area contributed by atoms with Crippen molar-refractivity contribution in [1.82, 2.24) is 0 Å². The Kier molecular flexibility index (Phi) is 4.26. The molecule has 0 aliphatic carbocycles. The predicted molar refractivity (Wildman–Crippen MR) is 71.3 cm³/mol. The summed E-state index contributed by atoms with van der Waals surface area (Å²) in [5.74, 6) is -0.137. The second-order valence-corrected chi connectivity index (χ2v) is 9.26. The van der Waals surface area contributed by atoms with Crippen LogP contribution in [0.15, 0.2) is 30.3 Å². The van der Waals surface area contributed by atoms with Crippen molar-refractivity contribution >= 4 is 20.9 Å². The molecule has 0 fully saturated rings. The molecule has 0 saturated carbocycles. The van der Waals surface area contributed by atoms with E-state index in [1.54, 1.807) is 0 Å². The molecule has 0 aromatic heterocycles. The van der Waals surface area contributed by atoms with Crippen LogP contribution in [0.25, 0.3) is 0 Å². The third-order valence-corrected chi connectivity index (χ3v) is 2.85. The molecule has 0 unspecified atom stereocenters. The zero-order valence-corrected chi connectivity index (χ0v) is 11.9. The van der Waals surface area contributed by atoms with Crippen molar-refractivity contribution in [1.29, 1.82) is 0 Å². The Labute approximate surface area is 104 Å². The molecule has 0 aliphatic heterocycles. The van der Waals surface area contributed by atoms with Gasteiger partial charge in [0.05, 0.1) is 6.72 Å². The molecule has 92 valence electrons. The Morgan fingerprint density at radius 2 is 1.82 bits per heavy atom. The van der Waals surface area contributed by atoms with Crippen molar-refractivity contribution in [3.8, 4) is 0 Å². The predicted octanol–water partition coefficient (Wildman–Crippen LogP) is 2.64. The smallest absolute Gasteiger partial charge is 0.326 e. The number of carbonyl (C=O) groups is 1. The maximum Gasteiger partial charge on any atom is 0.326 e. The zero-order chi connectivity index (χ0) is 13.1. The minimum absolute atomic E-state index is 0.137. The molecule has 0 saturated heterocycles. The van der Waals surface area contributed by atoms with Crippen LogP contribution in [0.5, 0.6) is 0 Å². The lowest BCUT2D eigenvalue weighted by Gasteiger charge is -2.25. The third kappa shape index (κ3) is 4.17. The summed E-state index contributed by atoms with van der Waals surface area (Å²) in [6, 6.07) is 9.58. The standard InChI is InChI=1S/C13H19NO2Si/c1-11(15)14(2)13(16-17(3,4)5)12-9-7-6-8-10-12/h6-10H,2H2,1,3-5H3. The molecule has 4 heteroatoms. The Morgan fingerprint density at radius 1 is 1.29 bits per heavy atom. The first kappa shape index (κ1) is 13.7. The van der Waals surface area contributed by atoms with Gasteiger partial charge in [0, 0.05) is 6.92 Å². The maximum atomic E-state index is 11.4. The summed E-state index contributed by atoms with van der Waals surface area (Å²) in [6.07, 6.45) is 0.539. The van der Waals surface area contributed by atoms with E-state index in [-0.39, 0.29) is 5.91 Å². The third-order valence-electron chi connectivity index (χ3n) is 2.05. The van der Waals surface area contributed by atoms with Gasteiger partial charge in [-0.15, -0.1) is 12.1 Å². The highest BCUT2D eigenvalue weighted by atomic mass is 28.4. The first-order valence-electron chi connectivity index (χ1n) is 5.54. The average Bonchev–Trinajstić information content (AvgIpc) is 2.25. The van der Waals surface area contributed by atoms with Gasteiger partial charge in [0.15, 0.2) is 8.32 Å². The normalized spacial score (nSPS) is 11.1. The summed E-state index contributed by atoms with van der Waals surface area (Å²) in [5.41, 5.74) is 0.875. The van der Waals surface area contributed by atoms with Crippen molar-refractivity contribution in [2.24, 2.45) is 0 Å². The van der Waals surface area contributed by atoms with Crippen LogP contribution in [-0.4, -0.2) is 25.5 Å². The van der Waals surface area contributed by atoms with Crippen molar-refractivity contribution < 1.29 is 13.8 Å². The van der Waals surface area contributed by atoms with Crippen LogP contribution < -0.4 is 0 Å². The van der Waals surface area contributed by atoms with Gasteiger partial charge in [-0.05, 0) is 25.2 Å². The fourth-order valence-corrected chi connectivity index (χ4v) is 2.09. The summed E-state index contributed by atoms with van der Waals surface area (Å²) in [7, 11) is -1.78. The van der Waals surface area contributed by atoms with E-state index < -0.39 is 8.32 Å². The highest BCUT2D eigenvalue weighted by Gasteiger charge is 2.28. The van der Waals surface area contributed by atoms with E-state index in [1.807, 2.05) is 30.3 Å². The molecule has 1 aromatic rings. The summed E-state index contributed by atoms with van der Waals surface area (Å²) < 4.78 is 7.26. The molecule has 0 heterocycles. The summed E-state index contributed by atoms with van der Waals surface area (Å²) >= 11 is 0. The van der Waals surface area contributed by atoms with Crippen molar-refractivity contribution in [3.05, 3.63) is 42.1 Å². The number of carbonyl (C=O) groups excluding carboxylic acids is 1. The number of benzene rings is 1. The number of rotatable bonds is 4. The van der Waals surface area contributed by atoms with Gasteiger partial charge in [-0.3, -0.25) is 4.79 Å². The highest BCUT2D eigenvalue weighted by Crippen LogP contribution is 2.21. The highest BCUT2D eigenvalue weighted by molar-refractivity contribution is 6.69. The molecule has 0 radical (unpaired) electrons. The monoisotopic (exact) mass is 249 g/mol. The van der Waals surface area contributed by atoms with Crippen LogP contribution in [0.4, 0.5) is 0 Å². The SMILES string of the molecule is C=[N+](C(C)=O)[C-](O[Si](C)(C)C)c1ccccc1. The van der Waals surface area contributed by atoms with Crippen LogP contribution >= 0.6 is 0 Å². The fourth-order valence-electron chi connectivity index (χ4n) is 1.28. The van der Waals surface area contributed by atoms with Gasteiger partial charge in [-0.1, -0.05) is 18.2 Å². The Bertz CT molecular complexity index is 409. The average molecular weight is 249 g/mol.